The first-order valence-electron chi connectivity index (χ1n) is 5.81. The lowest BCUT2D eigenvalue weighted by Gasteiger charge is -2.23. The number of carbonyl (C=O) groups excluding carboxylic acids is 1. The maximum absolute atomic E-state index is 13.7. The zero-order chi connectivity index (χ0) is 12.3. The third-order valence-electron chi connectivity index (χ3n) is 3.17. The van der Waals surface area contributed by atoms with Gasteiger partial charge < -0.3 is 10.1 Å². The average Bonchev–Trinajstić information content (AvgIpc) is 2.39. The van der Waals surface area contributed by atoms with E-state index in [2.05, 4.69) is 10.1 Å². The molecule has 1 aliphatic heterocycles. The molecule has 0 amide bonds. The van der Waals surface area contributed by atoms with E-state index in [9.17, 15) is 9.18 Å². The van der Waals surface area contributed by atoms with Crippen LogP contribution in [0, 0.1) is 5.82 Å². The topological polar surface area (TPSA) is 38.3 Å². The Balaban J connectivity index is 2.20. The molecule has 1 heterocycles. The van der Waals surface area contributed by atoms with E-state index in [0.29, 0.717) is 5.92 Å². The molecule has 1 atom stereocenters. The second-order valence-corrected chi connectivity index (χ2v) is 4.27. The summed E-state index contributed by atoms with van der Waals surface area (Å²) in [4.78, 5) is 11.2. The molecular weight excluding hydrogens is 221 g/mol. The number of nitrogens with one attached hydrogen (secondary N) is 1. The molecule has 0 aromatic heterocycles. The molecule has 0 spiro atoms. The molecule has 92 valence electrons. The number of carbonyl (C=O) groups is 1. The molecule has 1 aliphatic rings. The summed E-state index contributed by atoms with van der Waals surface area (Å²) in [6, 6.07) is 4.77. The molecular formula is C13H16FNO2. The molecule has 1 N–H and O–H groups in total. The summed E-state index contributed by atoms with van der Waals surface area (Å²) in [7, 11) is 1.25. The van der Waals surface area contributed by atoms with Gasteiger partial charge in [-0.15, -0.1) is 0 Å². The summed E-state index contributed by atoms with van der Waals surface area (Å²) < 4.78 is 18.2. The van der Waals surface area contributed by atoms with Crippen molar-refractivity contribution in [1.29, 1.82) is 0 Å². The van der Waals surface area contributed by atoms with E-state index >= 15 is 0 Å². The van der Waals surface area contributed by atoms with Crippen LogP contribution in [0.3, 0.4) is 0 Å². The van der Waals surface area contributed by atoms with Crippen molar-refractivity contribution in [1.82, 2.24) is 5.32 Å². The molecule has 1 aromatic carbocycles. The van der Waals surface area contributed by atoms with E-state index in [-0.39, 0.29) is 5.56 Å². The highest BCUT2D eigenvalue weighted by Crippen LogP contribution is 2.24. The van der Waals surface area contributed by atoms with E-state index < -0.39 is 11.8 Å². The van der Waals surface area contributed by atoms with Gasteiger partial charge in [-0.05, 0) is 43.0 Å². The lowest BCUT2D eigenvalue weighted by molar-refractivity contribution is 0.0595. The summed E-state index contributed by atoms with van der Waals surface area (Å²) in [6.45, 7) is 1.90. The van der Waals surface area contributed by atoms with Crippen LogP contribution in [0.4, 0.5) is 4.39 Å². The average molecular weight is 237 g/mol. The number of methoxy groups -OCH3 is 1. The van der Waals surface area contributed by atoms with Gasteiger partial charge in [-0.1, -0.05) is 6.07 Å². The number of halogens is 1. The molecule has 1 saturated heterocycles. The molecule has 1 unspecified atom stereocenters. The first kappa shape index (κ1) is 12.0. The predicted octanol–water partition coefficient (Wildman–Crippen LogP) is 2.08. The predicted molar refractivity (Wildman–Crippen MR) is 62.6 cm³/mol. The minimum absolute atomic E-state index is 0.0000172. The molecule has 0 aliphatic carbocycles. The lowest BCUT2D eigenvalue weighted by atomic mass is 9.91. The second-order valence-electron chi connectivity index (χ2n) is 4.27. The van der Waals surface area contributed by atoms with Gasteiger partial charge in [0.15, 0.2) is 0 Å². The smallest absolute Gasteiger partial charge is 0.340 e. The number of rotatable bonds is 2. The zero-order valence-electron chi connectivity index (χ0n) is 9.83. The van der Waals surface area contributed by atoms with Crippen molar-refractivity contribution in [3.8, 4) is 0 Å². The van der Waals surface area contributed by atoms with Gasteiger partial charge in [-0.25, -0.2) is 9.18 Å². The Bertz CT molecular complexity index is 414. The fraction of sp³-hybridized carbons (Fsp3) is 0.462. The van der Waals surface area contributed by atoms with Crippen molar-refractivity contribution in [2.45, 2.75) is 18.8 Å². The van der Waals surface area contributed by atoms with Crippen molar-refractivity contribution in [2.75, 3.05) is 20.2 Å². The second kappa shape index (κ2) is 5.27. The number of hydrogen-bond donors (Lipinski definition) is 1. The van der Waals surface area contributed by atoms with Crippen molar-refractivity contribution >= 4 is 5.97 Å². The third kappa shape index (κ3) is 2.64. The van der Waals surface area contributed by atoms with Gasteiger partial charge in [0, 0.05) is 6.54 Å². The van der Waals surface area contributed by atoms with Crippen LogP contribution < -0.4 is 5.32 Å². The van der Waals surface area contributed by atoms with Gasteiger partial charge in [0.1, 0.15) is 5.82 Å². The van der Waals surface area contributed by atoms with E-state index in [0.717, 1.165) is 31.5 Å². The normalized spacial score (nSPS) is 20.0. The van der Waals surface area contributed by atoms with Gasteiger partial charge >= 0.3 is 5.97 Å². The van der Waals surface area contributed by atoms with Gasteiger partial charge in [0.05, 0.1) is 12.7 Å². The minimum atomic E-state index is -0.629. The minimum Gasteiger partial charge on any atom is -0.465 e. The van der Waals surface area contributed by atoms with E-state index in [1.807, 2.05) is 6.07 Å². The van der Waals surface area contributed by atoms with Crippen LogP contribution in [0.15, 0.2) is 18.2 Å². The van der Waals surface area contributed by atoms with Crippen molar-refractivity contribution in [3.63, 3.8) is 0 Å². The monoisotopic (exact) mass is 237 g/mol. The van der Waals surface area contributed by atoms with Crippen molar-refractivity contribution in [2.24, 2.45) is 0 Å². The summed E-state index contributed by atoms with van der Waals surface area (Å²) in [5, 5.41) is 3.29. The molecule has 4 heteroatoms. The van der Waals surface area contributed by atoms with Crippen molar-refractivity contribution in [3.05, 3.63) is 35.1 Å². The number of piperidine rings is 1. The summed E-state index contributed by atoms with van der Waals surface area (Å²) >= 11 is 0. The van der Waals surface area contributed by atoms with Crippen LogP contribution in [0.1, 0.15) is 34.7 Å². The summed E-state index contributed by atoms with van der Waals surface area (Å²) in [5.41, 5.74) is 0.947. The summed E-state index contributed by atoms with van der Waals surface area (Å²) in [5.74, 6) is -0.791. The van der Waals surface area contributed by atoms with E-state index in [1.54, 1.807) is 0 Å². The first-order valence-corrected chi connectivity index (χ1v) is 5.81. The van der Waals surface area contributed by atoms with E-state index in [4.69, 9.17) is 0 Å². The Kier molecular flexibility index (Phi) is 3.74. The number of hydrogen-bond acceptors (Lipinski definition) is 3. The van der Waals surface area contributed by atoms with Crippen LogP contribution in [0.25, 0.3) is 0 Å². The zero-order valence-corrected chi connectivity index (χ0v) is 9.83. The Morgan fingerprint density at radius 2 is 2.35 bits per heavy atom. The van der Waals surface area contributed by atoms with Crippen LogP contribution >= 0.6 is 0 Å². The Morgan fingerprint density at radius 1 is 1.53 bits per heavy atom. The number of benzene rings is 1. The van der Waals surface area contributed by atoms with Crippen LogP contribution in [0.2, 0.25) is 0 Å². The quantitative estimate of drug-likeness (QED) is 0.800. The Labute approximate surface area is 100.0 Å². The Hall–Kier alpha value is -1.42. The highest BCUT2D eigenvalue weighted by molar-refractivity contribution is 5.89. The highest BCUT2D eigenvalue weighted by atomic mass is 19.1. The number of esters is 1. The molecule has 0 bridgehead atoms. The molecule has 0 saturated carbocycles. The van der Waals surface area contributed by atoms with Crippen LogP contribution in [0.5, 0.6) is 0 Å². The Morgan fingerprint density at radius 3 is 2.94 bits per heavy atom. The van der Waals surface area contributed by atoms with Gasteiger partial charge in [-0.3, -0.25) is 0 Å². The third-order valence-corrected chi connectivity index (χ3v) is 3.17. The van der Waals surface area contributed by atoms with Crippen molar-refractivity contribution < 1.29 is 13.9 Å². The maximum Gasteiger partial charge on any atom is 0.340 e. The molecule has 1 aromatic rings. The van der Waals surface area contributed by atoms with Gasteiger partial charge in [0.2, 0.25) is 0 Å². The first-order chi connectivity index (χ1) is 8.22. The summed E-state index contributed by atoms with van der Waals surface area (Å²) in [6.07, 6.45) is 2.16. The molecule has 3 nitrogen and oxygen atoms in total. The molecule has 17 heavy (non-hydrogen) atoms. The lowest BCUT2D eigenvalue weighted by Crippen LogP contribution is -2.28. The molecule has 2 rings (SSSR count). The van der Waals surface area contributed by atoms with Crippen LogP contribution in [-0.4, -0.2) is 26.2 Å². The fourth-order valence-electron chi connectivity index (χ4n) is 2.20. The molecule has 1 fully saturated rings. The standard InChI is InChI=1S/C13H16FNO2/c1-17-13(16)11-5-4-9(7-12(11)14)10-3-2-6-15-8-10/h4-5,7,10,15H,2-3,6,8H2,1H3. The fourth-order valence-corrected chi connectivity index (χ4v) is 2.20. The number of ether oxygens (including phenoxy) is 1. The molecule has 0 radical (unpaired) electrons. The van der Waals surface area contributed by atoms with Crippen LogP contribution in [-0.2, 0) is 4.74 Å². The SMILES string of the molecule is COC(=O)c1ccc(C2CCCNC2)cc1F. The van der Waals surface area contributed by atoms with Gasteiger partial charge in [0.25, 0.3) is 0 Å². The highest BCUT2D eigenvalue weighted by Gasteiger charge is 2.18. The van der Waals surface area contributed by atoms with Gasteiger partial charge in [-0.2, -0.15) is 0 Å². The maximum atomic E-state index is 13.7. The largest absolute Gasteiger partial charge is 0.465 e. The van der Waals surface area contributed by atoms with E-state index in [1.165, 1.54) is 19.2 Å².